The van der Waals surface area contributed by atoms with Crippen LogP contribution in [0.2, 0.25) is 0 Å². The average molecular weight is 510 g/mol. The molecule has 0 aliphatic rings. The third-order valence-corrected chi connectivity index (χ3v) is 6.55. The Morgan fingerprint density at radius 1 is 0.853 bits per heavy atom. The summed E-state index contributed by atoms with van der Waals surface area (Å²) in [6.07, 6.45) is 15.9. The number of carbonyl (C=O) groups is 2. The fourth-order valence-electron chi connectivity index (χ4n) is 3.38. The number of nitrogens with one attached hydrogen (secondary N) is 1. The van der Waals surface area contributed by atoms with Crippen LogP contribution in [-0.4, -0.2) is 73.3 Å². The minimum absolute atomic E-state index is 0.0135. The van der Waals surface area contributed by atoms with Crippen LogP contribution in [0, 0.1) is 0 Å². The minimum atomic E-state index is -4.39. The average Bonchev–Trinajstić information content (AvgIpc) is 2.73. The standard InChI is InChI=1S/C24H49N2O7P/c1-5-6-7-8-9-10-11-12-13-14-15-16-17-18-23(27)25-22(24(28)29)21-33-34(30,31)32-20-19-26(2,3)4/h22H,5-21H2,1-4H3,(H2-,25,27,28,29,30,31)/p+1/t22-/m0/s1. The molecule has 0 aromatic heterocycles. The van der Waals surface area contributed by atoms with Crippen molar-refractivity contribution in [3.05, 3.63) is 0 Å². The molecule has 9 nitrogen and oxygen atoms in total. The van der Waals surface area contributed by atoms with Gasteiger partial charge in [-0.25, -0.2) is 9.36 Å². The number of carboxylic acid groups (broad SMARTS) is 1. The molecule has 10 heteroatoms. The number of carbonyl (C=O) groups excluding carboxylic acids is 1. The van der Waals surface area contributed by atoms with E-state index in [0.717, 1.165) is 19.3 Å². The van der Waals surface area contributed by atoms with Crippen molar-refractivity contribution in [1.29, 1.82) is 0 Å². The molecule has 0 aromatic rings. The highest BCUT2D eigenvalue weighted by Crippen LogP contribution is 2.43. The number of likely N-dealkylation sites (N-methyl/N-ethyl adjacent to an activating group) is 1. The molecule has 0 spiro atoms. The van der Waals surface area contributed by atoms with Crippen molar-refractivity contribution >= 4 is 19.7 Å². The van der Waals surface area contributed by atoms with Gasteiger partial charge in [-0.15, -0.1) is 0 Å². The summed E-state index contributed by atoms with van der Waals surface area (Å²) in [5.74, 6) is -1.73. The fourth-order valence-corrected chi connectivity index (χ4v) is 4.10. The highest BCUT2D eigenvalue weighted by molar-refractivity contribution is 7.47. The van der Waals surface area contributed by atoms with Gasteiger partial charge in [0.2, 0.25) is 5.91 Å². The van der Waals surface area contributed by atoms with Crippen molar-refractivity contribution in [2.75, 3.05) is 40.9 Å². The molecule has 34 heavy (non-hydrogen) atoms. The molecule has 0 saturated carbocycles. The second kappa shape index (κ2) is 19.2. The van der Waals surface area contributed by atoms with E-state index in [1.807, 2.05) is 21.1 Å². The van der Waals surface area contributed by atoms with E-state index >= 15 is 0 Å². The van der Waals surface area contributed by atoms with Crippen LogP contribution in [0.1, 0.15) is 96.8 Å². The molecule has 1 unspecified atom stereocenters. The van der Waals surface area contributed by atoms with Crippen LogP contribution in [0.25, 0.3) is 0 Å². The summed E-state index contributed by atoms with van der Waals surface area (Å²) in [4.78, 5) is 33.2. The molecule has 0 bridgehead atoms. The number of carboxylic acids is 1. The normalized spacial score (nSPS) is 14.5. The minimum Gasteiger partial charge on any atom is -0.480 e. The van der Waals surface area contributed by atoms with Gasteiger partial charge < -0.3 is 19.8 Å². The van der Waals surface area contributed by atoms with Crippen molar-refractivity contribution < 1.29 is 37.7 Å². The molecule has 0 rings (SSSR count). The largest absolute Gasteiger partial charge is 0.480 e. The predicted molar refractivity (Wildman–Crippen MR) is 135 cm³/mol. The summed E-state index contributed by atoms with van der Waals surface area (Å²) < 4.78 is 22.1. The molecule has 0 saturated heterocycles. The molecular weight excluding hydrogens is 459 g/mol. The number of aliphatic carboxylic acids is 1. The highest BCUT2D eigenvalue weighted by Gasteiger charge is 2.28. The van der Waals surface area contributed by atoms with Gasteiger partial charge in [0.1, 0.15) is 13.2 Å². The van der Waals surface area contributed by atoms with Gasteiger partial charge >= 0.3 is 13.8 Å². The van der Waals surface area contributed by atoms with Crippen molar-refractivity contribution in [2.24, 2.45) is 0 Å². The lowest BCUT2D eigenvalue weighted by Crippen LogP contribution is -2.43. The molecule has 3 N–H and O–H groups in total. The Bertz CT molecular complexity index is 596. The van der Waals surface area contributed by atoms with Crippen LogP contribution >= 0.6 is 7.82 Å². The number of hydrogen-bond donors (Lipinski definition) is 3. The number of unbranched alkanes of at least 4 members (excludes halogenated alkanes) is 12. The maximum Gasteiger partial charge on any atom is 0.472 e. The summed E-state index contributed by atoms with van der Waals surface area (Å²) in [7, 11) is 1.32. The third-order valence-electron chi connectivity index (χ3n) is 5.56. The number of hydrogen-bond acceptors (Lipinski definition) is 5. The Labute approximate surface area is 206 Å². The van der Waals surface area contributed by atoms with Crippen molar-refractivity contribution in [1.82, 2.24) is 5.32 Å². The van der Waals surface area contributed by atoms with Crippen molar-refractivity contribution in [2.45, 2.75) is 103 Å². The molecule has 0 radical (unpaired) electrons. The van der Waals surface area contributed by atoms with Gasteiger partial charge in [0, 0.05) is 6.42 Å². The van der Waals surface area contributed by atoms with Crippen molar-refractivity contribution in [3.8, 4) is 0 Å². The smallest absolute Gasteiger partial charge is 0.472 e. The van der Waals surface area contributed by atoms with E-state index in [0.29, 0.717) is 17.4 Å². The van der Waals surface area contributed by atoms with Gasteiger partial charge in [-0.3, -0.25) is 13.8 Å². The van der Waals surface area contributed by atoms with E-state index in [9.17, 15) is 24.2 Å². The number of rotatable bonds is 23. The molecule has 202 valence electrons. The summed E-state index contributed by atoms with van der Waals surface area (Å²) in [6, 6.07) is -1.41. The van der Waals surface area contributed by atoms with E-state index in [4.69, 9.17) is 9.05 Å². The lowest BCUT2D eigenvalue weighted by Gasteiger charge is -2.24. The predicted octanol–water partition coefficient (Wildman–Crippen LogP) is 4.88. The van der Waals surface area contributed by atoms with Crippen molar-refractivity contribution in [3.63, 3.8) is 0 Å². The van der Waals surface area contributed by atoms with Gasteiger partial charge in [0.15, 0.2) is 6.04 Å². The first-order valence-electron chi connectivity index (χ1n) is 12.9. The van der Waals surface area contributed by atoms with E-state index in [-0.39, 0.29) is 13.0 Å². The van der Waals surface area contributed by atoms with E-state index in [1.54, 1.807) is 0 Å². The SMILES string of the molecule is CCCCCCCCCCCCCCCC(=O)N[C@@H](COP(=O)(O)OCC[N+](C)(C)C)C(=O)O. The first-order chi connectivity index (χ1) is 16.0. The van der Waals surface area contributed by atoms with Gasteiger partial charge in [-0.1, -0.05) is 84.0 Å². The third kappa shape index (κ3) is 21.5. The quantitative estimate of drug-likeness (QED) is 0.102. The zero-order valence-electron chi connectivity index (χ0n) is 21.9. The first-order valence-corrected chi connectivity index (χ1v) is 14.4. The lowest BCUT2D eigenvalue weighted by atomic mass is 10.0. The molecule has 0 aromatic carbocycles. The maximum absolute atomic E-state index is 12.1. The van der Waals surface area contributed by atoms with Gasteiger partial charge in [-0.05, 0) is 6.42 Å². The number of phosphoric acid groups is 1. The summed E-state index contributed by atoms with van der Waals surface area (Å²) >= 11 is 0. The molecule has 1 amide bonds. The topological polar surface area (TPSA) is 122 Å². The number of nitrogens with zero attached hydrogens (tertiary/aromatic N) is 1. The van der Waals surface area contributed by atoms with Crippen LogP contribution in [0.15, 0.2) is 0 Å². The Morgan fingerprint density at radius 3 is 1.76 bits per heavy atom. The van der Waals surface area contributed by atoms with E-state index < -0.39 is 32.3 Å². The maximum atomic E-state index is 12.1. The summed E-state index contributed by atoms with van der Waals surface area (Å²) in [5, 5.41) is 11.6. The Hall–Kier alpha value is -0.990. The molecule has 2 atom stereocenters. The zero-order valence-corrected chi connectivity index (χ0v) is 22.8. The second-order valence-corrected chi connectivity index (χ2v) is 11.5. The van der Waals surface area contributed by atoms with Crippen LogP contribution in [-0.2, 0) is 23.2 Å². The number of amides is 1. The Morgan fingerprint density at radius 2 is 1.32 bits per heavy atom. The number of phosphoric ester groups is 1. The number of quaternary nitrogens is 1. The van der Waals surface area contributed by atoms with Crippen LogP contribution in [0.3, 0.4) is 0 Å². The lowest BCUT2D eigenvalue weighted by molar-refractivity contribution is -0.870. The summed E-state index contributed by atoms with van der Waals surface area (Å²) in [6.45, 7) is 2.06. The van der Waals surface area contributed by atoms with E-state index in [1.165, 1.54) is 57.8 Å². The summed E-state index contributed by atoms with van der Waals surface area (Å²) in [5.41, 5.74) is 0. The first kappa shape index (κ1) is 33.0. The monoisotopic (exact) mass is 509 g/mol. The van der Waals surface area contributed by atoms with E-state index in [2.05, 4.69) is 12.2 Å². The molecule has 0 heterocycles. The molecular formula is C24H50N2O7P+. The second-order valence-electron chi connectivity index (χ2n) is 10.1. The molecule has 0 fully saturated rings. The van der Waals surface area contributed by atoms with Crippen LogP contribution in [0.4, 0.5) is 0 Å². The van der Waals surface area contributed by atoms with Gasteiger partial charge in [0.25, 0.3) is 0 Å². The van der Waals surface area contributed by atoms with Gasteiger partial charge in [-0.2, -0.15) is 0 Å². The molecule has 0 aliphatic carbocycles. The molecule has 0 aliphatic heterocycles. The fraction of sp³-hybridized carbons (Fsp3) is 0.917. The zero-order chi connectivity index (χ0) is 25.9. The highest BCUT2D eigenvalue weighted by atomic mass is 31.2. The van der Waals surface area contributed by atoms with Crippen LogP contribution in [0.5, 0.6) is 0 Å². The Kier molecular flexibility index (Phi) is 18.7. The van der Waals surface area contributed by atoms with Crippen LogP contribution < -0.4 is 5.32 Å². The Balaban J connectivity index is 3.90. The van der Waals surface area contributed by atoms with Gasteiger partial charge in [0.05, 0.1) is 27.7 Å².